The zero-order chi connectivity index (χ0) is 19.0. The first-order chi connectivity index (χ1) is 13.0. The average Bonchev–Trinajstić information content (AvgIpc) is 3.31. The maximum atomic E-state index is 13.5. The van der Waals surface area contributed by atoms with Crippen molar-refractivity contribution in [2.45, 2.75) is 64.1 Å². The first-order valence-corrected chi connectivity index (χ1v) is 10.3. The predicted octanol–water partition coefficient (Wildman–Crippen LogP) is 3.16. The summed E-state index contributed by atoms with van der Waals surface area (Å²) >= 11 is 0. The minimum absolute atomic E-state index is 0.0154. The minimum atomic E-state index is -0.621. The van der Waals surface area contributed by atoms with Gasteiger partial charge in [-0.05, 0) is 44.1 Å². The van der Waals surface area contributed by atoms with Crippen LogP contribution in [0.1, 0.15) is 57.6 Å². The highest BCUT2D eigenvalue weighted by molar-refractivity contribution is 5.87. The van der Waals surface area contributed by atoms with E-state index < -0.39 is 6.10 Å². The van der Waals surface area contributed by atoms with Gasteiger partial charge in [0.25, 0.3) is 5.91 Å². The average molecular weight is 370 g/mol. The van der Waals surface area contributed by atoms with Gasteiger partial charge in [0.15, 0.2) is 6.10 Å². The number of carbonyl (C=O) groups excluding carboxylic acids is 2. The lowest BCUT2D eigenvalue weighted by Gasteiger charge is -2.43. The Kier molecular flexibility index (Phi) is 4.97. The van der Waals surface area contributed by atoms with Gasteiger partial charge in [-0.15, -0.1) is 0 Å². The Hall–Kier alpha value is -1.88. The van der Waals surface area contributed by atoms with E-state index in [-0.39, 0.29) is 30.5 Å². The van der Waals surface area contributed by atoms with Crippen molar-refractivity contribution in [3.05, 3.63) is 35.9 Å². The van der Waals surface area contributed by atoms with Gasteiger partial charge in [0.1, 0.15) is 6.61 Å². The highest BCUT2D eigenvalue weighted by Gasteiger charge is 2.48. The van der Waals surface area contributed by atoms with Crippen LogP contribution in [0.15, 0.2) is 30.3 Å². The van der Waals surface area contributed by atoms with Crippen molar-refractivity contribution in [3.8, 4) is 0 Å². The number of ether oxygens (including phenoxy) is 1. The van der Waals surface area contributed by atoms with E-state index in [9.17, 15) is 9.59 Å². The lowest BCUT2D eigenvalue weighted by atomic mass is 9.86. The quantitative estimate of drug-likeness (QED) is 0.821. The van der Waals surface area contributed by atoms with Crippen LogP contribution in [0, 0.1) is 5.41 Å². The molecule has 2 atom stereocenters. The van der Waals surface area contributed by atoms with Gasteiger partial charge in [0, 0.05) is 19.1 Å². The second-order valence-corrected chi connectivity index (χ2v) is 8.70. The number of likely N-dealkylation sites (tertiary alicyclic amines) is 1. The van der Waals surface area contributed by atoms with E-state index in [2.05, 4.69) is 0 Å². The Balaban J connectivity index is 1.61. The molecule has 5 nitrogen and oxygen atoms in total. The summed E-state index contributed by atoms with van der Waals surface area (Å²) in [5, 5.41) is 0. The third kappa shape index (κ3) is 3.38. The maximum absolute atomic E-state index is 13.5. The molecule has 3 fully saturated rings. The standard InChI is InChI=1S/C22H30N2O3/c1-16(2)24-18(25)14-27-20(19(24)17-8-4-3-5-9-17)21(26)23-13-12-22(15-23)10-6-7-11-22/h3-5,8-9,16,19-20H,6-7,10-15H2,1-2H3/t19-,20+/m1/s1. The van der Waals surface area contributed by atoms with E-state index >= 15 is 0 Å². The molecule has 1 spiro atoms. The largest absolute Gasteiger partial charge is 0.356 e. The lowest BCUT2D eigenvalue weighted by Crippen LogP contribution is -2.56. The Morgan fingerprint density at radius 2 is 1.85 bits per heavy atom. The van der Waals surface area contributed by atoms with Crippen LogP contribution in [0.25, 0.3) is 0 Å². The number of benzene rings is 1. The van der Waals surface area contributed by atoms with Crippen molar-refractivity contribution >= 4 is 11.8 Å². The van der Waals surface area contributed by atoms with Crippen molar-refractivity contribution in [1.29, 1.82) is 0 Å². The van der Waals surface area contributed by atoms with Crippen LogP contribution in [0.2, 0.25) is 0 Å². The molecule has 4 rings (SSSR count). The van der Waals surface area contributed by atoms with Gasteiger partial charge < -0.3 is 14.5 Å². The number of rotatable bonds is 3. The van der Waals surface area contributed by atoms with E-state index in [1.807, 2.05) is 54.0 Å². The van der Waals surface area contributed by atoms with Crippen molar-refractivity contribution in [2.24, 2.45) is 5.41 Å². The van der Waals surface area contributed by atoms with Gasteiger partial charge in [-0.3, -0.25) is 9.59 Å². The fourth-order valence-corrected chi connectivity index (χ4v) is 5.27. The maximum Gasteiger partial charge on any atom is 0.254 e. The summed E-state index contributed by atoms with van der Waals surface area (Å²) in [4.78, 5) is 29.9. The number of nitrogens with zero attached hydrogens (tertiary/aromatic N) is 2. The third-order valence-corrected chi connectivity index (χ3v) is 6.62. The molecule has 1 saturated carbocycles. The Morgan fingerprint density at radius 3 is 2.52 bits per heavy atom. The number of hydrogen-bond acceptors (Lipinski definition) is 3. The molecule has 5 heteroatoms. The smallest absolute Gasteiger partial charge is 0.254 e. The van der Waals surface area contributed by atoms with Gasteiger partial charge >= 0.3 is 0 Å². The Labute approximate surface area is 161 Å². The minimum Gasteiger partial charge on any atom is -0.356 e. The first-order valence-electron chi connectivity index (χ1n) is 10.3. The summed E-state index contributed by atoms with van der Waals surface area (Å²) in [5.41, 5.74) is 1.30. The Bertz CT molecular complexity index is 697. The molecular formula is C22H30N2O3. The van der Waals surface area contributed by atoms with Gasteiger partial charge in [0.2, 0.25) is 5.91 Å². The normalized spacial score (nSPS) is 27.7. The van der Waals surface area contributed by atoms with E-state index in [0.29, 0.717) is 5.41 Å². The molecule has 1 aromatic rings. The molecule has 1 aromatic carbocycles. The van der Waals surface area contributed by atoms with Crippen LogP contribution in [-0.2, 0) is 14.3 Å². The van der Waals surface area contributed by atoms with E-state index in [1.54, 1.807) is 0 Å². The molecule has 1 aliphatic carbocycles. The van der Waals surface area contributed by atoms with Crippen LogP contribution >= 0.6 is 0 Å². The highest BCUT2D eigenvalue weighted by Crippen LogP contribution is 2.46. The summed E-state index contributed by atoms with van der Waals surface area (Å²) in [5.74, 6) is 0.00219. The van der Waals surface area contributed by atoms with Gasteiger partial charge in [0.05, 0.1) is 6.04 Å². The number of hydrogen-bond donors (Lipinski definition) is 0. The van der Waals surface area contributed by atoms with Gasteiger partial charge in [-0.1, -0.05) is 43.2 Å². The predicted molar refractivity (Wildman–Crippen MR) is 103 cm³/mol. The third-order valence-electron chi connectivity index (χ3n) is 6.62. The molecule has 146 valence electrons. The number of carbonyl (C=O) groups is 2. The number of morpholine rings is 1. The van der Waals surface area contributed by atoms with Crippen molar-refractivity contribution in [2.75, 3.05) is 19.7 Å². The second-order valence-electron chi connectivity index (χ2n) is 8.70. The molecule has 0 unspecified atom stereocenters. The molecule has 0 aromatic heterocycles. The van der Waals surface area contributed by atoms with E-state index in [1.165, 1.54) is 25.7 Å². The molecule has 3 aliphatic rings. The zero-order valence-corrected chi connectivity index (χ0v) is 16.4. The molecule has 2 saturated heterocycles. The first kappa shape index (κ1) is 18.5. The lowest BCUT2D eigenvalue weighted by molar-refractivity contribution is -0.171. The van der Waals surface area contributed by atoms with E-state index in [0.717, 1.165) is 25.1 Å². The monoisotopic (exact) mass is 370 g/mol. The summed E-state index contributed by atoms with van der Waals surface area (Å²) in [7, 11) is 0. The second kappa shape index (κ2) is 7.27. The van der Waals surface area contributed by atoms with E-state index in [4.69, 9.17) is 4.74 Å². The van der Waals surface area contributed by atoms with Crippen LogP contribution in [-0.4, -0.2) is 53.5 Å². The molecule has 0 N–H and O–H groups in total. The molecular weight excluding hydrogens is 340 g/mol. The molecule has 2 amide bonds. The fraction of sp³-hybridized carbons (Fsp3) is 0.636. The SMILES string of the molecule is CC(C)N1C(=O)CO[C@H](C(=O)N2CCC3(CCCC3)C2)[C@H]1c1ccccc1. The fourth-order valence-electron chi connectivity index (χ4n) is 5.27. The zero-order valence-electron chi connectivity index (χ0n) is 16.4. The molecule has 2 aliphatic heterocycles. The summed E-state index contributed by atoms with van der Waals surface area (Å²) in [6, 6.07) is 9.50. The van der Waals surface area contributed by atoms with Crippen LogP contribution in [0.3, 0.4) is 0 Å². The Morgan fingerprint density at radius 1 is 1.15 bits per heavy atom. The number of amides is 2. The van der Waals surface area contributed by atoms with Crippen molar-refractivity contribution in [1.82, 2.24) is 9.80 Å². The van der Waals surface area contributed by atoms with Crippen molar-refractivity contribution in [3.63, 3.8) is 0 Å². The topological polar surface area (TPSA) is 49.9 Å². The molecule has 0 bridgehead atoms. The summed E-state index contributed by atoms with van der Waals surface area (Å²) in [6.45, 7) is 5.66. The molecule has 2 heterocycles. The molecule has 0 radical (unpaired) electrons. The summed E-state index contributed by atoms with van der Waals surface area (Å²) < 4.78 is 5.88. The van der Waals surface area contributed by atoms with Crippen LogP contribution in [0.4, 0.5) is 0 Å². The van der Waals surface area contributed by atoms with Gasteiger partial charge in [-0.25, -0.2) is 0 Å². The van der Waals surface area contributed by atoms with Gasteiger partial charge in [-0.2, -0.15) is 0 Å². The van der Waals surface area contributed by atoms with Crippen LogP contribution < -0.4 is 0 Å². The van der Waals surface area contributed by atoms with Crippen molar-refractivity contribution < 1.29 is 14.3 Å². The highest BCUT2D eigenvalue weighted by atomic mass is 16.5. The molecule has 27 heavy (non-hydrogen) atoms. The van der Waals surface area contributed by atoms with Crippen LogP contribution in [0.5, 0.6) is 0 Å². The summed E-state index contributed by atoms with van der Waals surface area (Å²) in [6.07, 6.45) is 5.52.